The molecule has 1 aliphatic rings. The molecule has 1 saturated heterocycles. The van der Waals surface area contributed by atoms with Crippen molar-refractivity contribution in [2.45, 2.75) is 32.4 Å². The van der Waals surface area contributed by atoms with Crippen molar-refractivity contribution in [1.29, 1.82) is 0 Å². The molecule has 2 atom stereocenters. The van der Waals surface area contributed by atoms with E-state index in [1.165, 1.54) is 11.1 Å². The van der Waals surface area contributed by atoms with Crippen molar-refractivity contribution in [2.24, 2.45) is 5.92 Å². The van der Waals surface area contributed by atoms with Crippen LogP contribution in [0.25, 0.3) is 0 Å². The zero-order chi connectivity index (χ0) is 18.1. The Morgan fingerprint density at radius 2 is 1.92 bits per heavy atom. The number of β-amino-alcohol motifs (C(OH)–C–C–N with tert-alkyl or cyclic N) is 1. The number of hydrogen-bond donors (Lipinski definition) is 2. The van der Waals surface area contributed by atoms with Gasteiger partial charge in [-0.2, -0.15) is 0 Å². The van der Waals surface area contributed by atoms with Gasteiger partial charge >= 0.3 is 0 Å². The van der Waals surface area contributed by atoms with Crippen LogP contribution in [0.15, 0.2) is 42.9 Å². The van der Waals surface area contributed by atoms with E-state index in [1.807, 2.05) is 30.7 Å². The molecule has 0 aromatic carbocycles. The van der Waals surface area contributed by atoms with Gasteiger partial charge in [-0.25, -0.2) is 0 Å². The maximum absolute atomic E-state index is 10.3. The third-order valence-electron chi connectivity index (χ3n) is 4.41. The van der Waals surface area contributed by atoms with Crippen LogP contribution < -0.4 is 0 Å². The third kappa shape index (κ3) is 5.92. The summed E-state index contributed by atoms with van der Waals surface area (Å²) in [6.07, 6.45) is 7.24. The Hall–Kier alpha value is -2.31. The Morgan fingerprint density at radius 1 is 1.20 bits per heavy atom. The van der Waals surface area contributed by atoms with Crippen LogP contribution in [0.1, 0.15) is 23.7 Å². The average Bonchev–Trinajstić information content (AvgIpc) is 2.96. The molecule has 2 aromatic heterocycles. The highest BCUT2D eigenvalue weighted by molar-refractivity contribution is 5.32. The zero-order valence-electron chi connectivity index (χ0n) is 14.5. The molecule has 0 radical (unpaired) electrons. The largest absolute Gasteiger partial charge is 0.483 e. The second-order valence-electron chi connectivity index (χ2n) is 6.20. The minimum atomic E-state index is -0.261. The molecule has 0 saturated carbocycles. The molecule has 1 aliphatic heterocycles. The number of aliphatic hydroxyl groups is 1. The molecule has 2 N–H and O–H groups in total. The van der Waals surface area contributed by atoms with Gasteiger partial charge in [0.1, 0.15) is 0 Å². The molecule has 25 heavy (non-hydrogen) atoms. The summed E-state index contributed by atoms with van der Waals surface area (Å²) < 4.78 is 0. The van der Waals surface area contributed by atoms with Crippen LogP contribution in [-0.4, -0.2) is 50.7 Å². The number of aliphatic hydroxyl groups excluding tert-OH is 1. The molecular formula is C19H25N3O3. The molecule has 6 heteroatoms. The maximum atomic E-state index is 10.3. The number of carboxylic acid groups (broad SMARTS) is 1. The van der Waals surface area contributed by atoms with Gasteiger partial charge in [-0.15, -0.1) is 0 Å². The number of hydrogen-bond acceptors (Lipinski definition) is 5. The fourth-order valence-electron chi connectivity index (χ4n) is 3.08. The van der Waals surface area contributed by atoms with Crippen molar-refractivity contribution in [3.05, 3.63) is 59.7 Å². The number of aromatic nitrogens is 2. The van der Waals surface area contributed by atoms with Gasteiger partial charge in [0.2, 0.25) is 0 Å². The van der Waals surface area contributed by atoms with Gasteiger partial charge in [0, 0.05) is 44.1 Å². The van der Waals surface area contributed by atoms with E-state index in [2.05, 4.69) is 33.9 Å². The minimum Gasteiger partial charge on any atom is -0.483 e. The number of carbonyl (C=O) groups is 1. The van der Waals surface area contributed by atoms with Gasteiger partial charge in [-0.3, -0.25) is 19.7 Å². The SMILES string of the molecule is CCc1ccc(CN2C[C@@H](Cc3ccncc3)[C@H](O)C2)nc1.O=CO. The van der Waals surface area contributed by atoms with Crippen LogP contribution >= 0.6 is 0 Å². The lowest BCUT2D eigenvalue weighted by atomic mass is 9.97. The number of nitrogens with zero attached hydrogens (tertiary/aromatic N) is 3. The second-order valence-corrected chi connectivity index (χ2v) is 6.20. The van der Waals surface area contributed by atoms with Crippen molar-refractivity contribution >= 4 is 6.47 Å². The molecule has 0 bridgehead atoms. The topological polar surface area (TPSA) is 86.5 Å². The number of aryl methyl sites for hydroxylation is 1. The molecule has 134 valence electrons. The minimum absolute atomic E-state index is 0.250. The van der Waals surface area contributed by atoms with E-state index >= 15 is 0 Å². The summed E-state index contributed by atoms with van der Waals surface area (Å²) in [6, 6.07) is 8.30. The van der Waals surface area contributed by atoms with Crippen LogP contribution in [0.4, 0.5) is 0 Å². The number of rotatable bonds is 5. The smallest absolute Gasteiger partial charge is 0.290 e. The Morgan fingerprint density at radius 3 is 2.52 bits per heavy atom. The van der Waals surface area contributed by atoms with Crippen molar-refractivity contribution in [1.82, 2.24) is 14.9 Å². The summed E-state index contributed by atoms with van der Waals surface area (Å²) in [6.45, 7) is 4.35. The second kappa shape index (κ2) is 9.86. The molecule has 0 amide bonds. The standard InChI is InChI=1S/C18H23N3O.CH2O2/c1-2-14-3-4-17(20-10-14)12-21-11-16(18(22)13-21)9-15-5-7-19-8-6-15;2-1-3/h3-8,10,16,18,22H,2,9,11-13H2,1H3;1H,(H,2,3)/t16-,18-;/m1./s1. The van der Waals surface area contributed by atoms with Gasteiger partial charge < -0.3 is 10.2 Å². The first-order valence-electron chi connectivity index (χ1n) is 8.47. The lowest BCUT2D eigenvalue weighted by Gasteiger charge is -2.15. The summed E-state index contributed by atoms with van der Waals surface area (Å²) in [7, 11) is 0. The Balaban J connectivity index is 0.000000701. The summed E-state index contributed by atoms with van der Waals surface area (Å²) in [5.74, 6) is 0.289. The first-order chi connectivity index (χ1) is 12.2. The van der Waals surface area contributed by atoms with E-state index in [-0.39, 0.29) is 18.5 Å². The molecule has 3 rings (SSSR count). The van der Waals surface area contributed by atoms with Crippen LogP contribution in [0.3, 0.4) is 0 Å². The van der Waals surface area contributed by atoms with Crippen LogP contribution in [0.2, 0.25) is 0 Å². The van der Waals surface area contributed by atoms with E-state index < -0.39 is 0 Å². The number of pyridine rings is 2. The summed E-state index contributed by atoms with van der Waals surface area (Å²) in [5.41, 5.74) is 3.58. The molecule has 3 heterocycles. The van der Waals surface area contributed by atoms with E-state index in [0.29, 0.717) is 0 Å². The summed E-state index contributed by atoms with van der Waals surface area (Å²) >= 11 is 0. The Kier molecular flexibility index (Phi) is 7.50. The van der Waals surface area contributed by atoms with E-state index in [1.54, 1.807) is 0 Å². The Labute approximate surface area is 148 Å². The highest BCUT2D eigenvalue weighted by Gasteiger charge is 2.31. The molecule has 0 spiro atoms. The predicted molar refractivity (Wildman–Crippen MR) is 95.0 cm³/mol. The first kappa shape index (κ1) is 19.0. The normalized spacial score (nSPS) is 19.9. The van der Waals surface area contributed by atoms with Crippen LogP contribution in [0, 0.1) is 5.92 Å². The van der Waals surface area contributed by atoms with E-state index in [9.17, 15) is 5.11 Å². The van der Waals surface area contributed by atoms with Gasteiger partial charge in [-0.05, 0) is 42.2 Å². The van der Waals surface area contributed by atoms with Gasteiger partial charge in [0.25, 0.3) is 6.47 Å². The molecule has 1 fully saturated rings. The Bertz CT molecular complexity index is 634. The van der Waals surface area contributed by atoms with Crippen molar-refractivity contribution in [3.63, 3.8) is 0 Å². The molecular weight excluding hydrogens is 318 g/mol. The quantitative estimate of drug-likeness (QED) is 0.805. The van der Waals surface area contributed by atoms with Gasteiger partial charge in [-0.1, -0.05) is 13.0 Å². The molecule has 0 aliphatic carbocycles. The zero-order valence-corrected chi connectivity index (χ0v) is 14.5. The van der Waals surface area contributed by atoms with Crippen LogP contribution in [-0.2, 0) is 24.2 Å². The lowest BCUT2D eigenvalue weighted by Crippen LogP contribution is -2.22. The lowest BCUT2D eigenvalue weighted by molar-refractivity contribution is -0.122. The fourth-order valence-corrected chi connectivity index (χ4v) is 3.08. The van der Waals surface area contributed by atoms with Crippen LogP contribution in [0.5, 0.6) is 0 Å². The molecule has 2 aromatic rings. The molecule has 0 unspecified atom stereocenters. The van der Waals surface area contributed by atoms with Crippen molar-refractivity contribution in [2.75, 3.05) is 13.1 Å². The highest BCUT2D eigenvalue weighted by Crippen LogP contribution is 2.22. The summed E-state index contributed by atoms with van der Waals surface area (Å²) in [5, 5.41) is 17.2. The fraction of sp³-hybridized carbons (Fsp3) is 0.421. The summed E-state index contributed by atoms with van der Waals surface area (Å²) in [4.78, 5) is 19.2. The van der Waals surface area contributed by atoms with Gasteiger partial charge in [0.05, 0.1) is 11.8 Å². The number of likely N-dealkylation sites (tertiary alicyclic amines) is 1. The van der Waals surface area contributed by atoms with Gasteiger partial charge in [0.15, 0.2) is 0 Å². The van der Waals surface area contributed by atoms with Crippen molar-refractivity contribution < 1.29 is 15.0 Å². The average molecular weight is 343 g/mol. The third-order valence-corrected chi connectivity index (χ3v) is 4.41. The monoisotopic (exact) mass is 343 g/mol. The molecule has 6 nitrogen and oxygen atoms in total. The first-order valence-corrected chi connectivity index (χ1v) is 8.47. The predicted octanol–water partition coefficient (Wildman–Crippen LogP) is 1.78. The van der Waals surface area contributed by atoms with E-state index in [4.69, 9.17) is 9.90 Å². The highest BCUT2D eigenvalue weighted by atomic mass is 16.3. The van der Waals surface area contributed by atoms with Crippen molar-refractivity contribution in [3.8, 4) is 0 Å². The maximum Gasteiger partial charge on any atom is 0.290 e. The van der Waals surface area contributed by atoms with E-state index in [0.717, 1.165) is 38.2 Å².